The van der Waals surface area contributed by atoms with Crippen LogP contribution in [0.2, 0.25) is 0 Å². The van der Waals surface area contributed by atoms with Gasteiger partial charge >= 0.3 is 5.97 Å². The van der Waals surface area contributed by atoms with E-state index in [0.717, 1.165) is 42.4 Å². The van der Waals surface area contributed by atoms with Crippen LogP contribution in [0.25, 0.3) is 11.0 Å². The second-order valence-electron chi connectivity index (χ2n) is 7.35. The van der Waals surface area contributed by atoms with Gasteiger partial charge in [-0.15, -0.1) is 0 Å². The van der Waals surface area contributed by atoms with E-state index in [2.05, 4.69) is 5.16 Å². The molecule has 0 bridgehead atoms. The van der Waals surface area contributed by atoms with Crippen molar-refractivity contribution in [2.75, 3.05) is 26.9 Å². The lowest BCUT2D eigenvalue weighted by atomic mass is 10.0. The van der Waals surface area contributed by atoms with E-state index >= 15 is 0 Å². The van der Waals surface area contributed by atoms with E-state index in [9.17, 15) is 4.79 Å². The van der Waals surface area contributed by atoms with Crippen molar-refractivity contribution in [3.05, 3.63) is 36.1 Å². The Bertz CT molecular complexity index is 773. The van der Waals surface area contributed by atoms with Gasteiger partial charge in [0.2, 0.25) is 0 Å². The highest BCUT2D eigenvalue weighted by Gasteiger charge is 2.41. The molecule has 1 aromatic carbocycles. The van der Waals surface area contributed by atoms with Crippen LogP contribution < -0.4 is 0 Å². The van der Waals surface area contributed by atoms with E-state index in [4.69, 9.17) is 23.5 Å². The fourth-order valence-electron chi connectivity index (χ4n) is 3.26. The number of para-hydroxylation sites is 1. The molecule has 3 rings (SSSR count). The number of nitrogens with zero attached hydrogens (tertiary/aromatic N) is 1. The van der Waals surface area contributed by atoms with Gasteiger partial charge in [-0.05, 0) is 31.4 Å². The van der Waals surface area contributed by atoms with E-state index in [0.29, 0.717) is 32.2 Å². The molecule has 7 nitrogen and oxygen atoms in total. The Balaban J connectivity index is 1.22. The molecule has 0 aliphatic carbocycles. The van der Waals surface area contributed by atoms with Crippen molar-refractivity contribution in [1.82, 2.24) is 0 Å². The summed E-state index contributed by atoms with van der Waals surface area (Å²) in [6, 6.07) is 9.95. The summed E-state index contributed by atoms with van der Waals surface area (Å²) < 4.78 is 21.5. The highest BCUT2D eigenvalue weighted by atomic mass is 16.7. The Morgan fingerprint density at radius 1 is 1.24 bits per heavy atom. The van der Waals surface area contributed by atoms with Gasteiger partial charge in [0.25, 0.3) is 5.79 Å². The number of ether oxygens (including phenoxy) is 3. The lowest BCUT2D eigenvalue weighted by Crippen LogP contribution is -2.48. The Kier molecular flexibility index (Phi) is 7.66. The molecule has 2 heterocycles. The predicted molar refractivity (Wildman–Crippen MR) is 109 cm³/mol. The summed E-state index contributed by atoms with van der Waals surface area (Å²) in [5, 5.41) is 5.09. The van der Waals surface area contributed by atoms with Gasteiger partial charge in [0.1, 0.15) is 18.0 Å². The molecule has 1 saturated heterocycles. The number of esters is 1. The molecule has 0 atom stereocenters. The minimum Gasteiger partial charge on any atom is -0.465 e. The highest BCUT2D eigenvalue weighted by Crippen LogP contribution is 2.25. The Morgan fingerprint density at radius 2 is 2.03 bits per heavy atom. The second-order valence-corrected chi connectivity index (χ2v) is 7.35. The lowest BCUT2D eigenvalue weighted by molar-refractivity contribution is -0.272. The number of rotatable bonds is 10. The maximum Gasteiger partial charge on any atom is 0.366 e. The van der Waals surface area contributed by atoms with Crippen molar-refractivity contribution in [2.45, 2.75) is 44.8 Å². The average Bonchev–Trinajstić information content (AvgIpc) is 3.16. The second kappa shape index (κ2) is 10.4. The van der Waals surface area contributed by atoms with Gasteiger partial charge in [0.15, 0.2) is 0 Å². The van der Waals surface area contributed by atoms with Gasteiger partial charge in [-0.3, -0.25) is 0 Å². The van der Waals surface area contributed by atoms with Gasteiger partial charge in [-0.2, -0.15) is 0 Å². The molecule has 0 amide bonds. The van der Waals surface area contributed by atoms with Gasteiger partial charge in [0, 0.05) is 24.6 Å². The molecule has 158 valence electrons. The monoisotopic (exact) mass is 403 g/mol. The Morgan fingerprint density at radius 3 is 2.79 bits per heavy atom. The lowest BCUT2D eigenvalue weighted by Gasteiger charge is -2.35. The number of carbonyl (C=O) groups excluding carboxylic acids is 1. The summed E-state index contributed by atoms with van der Waals surface area (Å²) in [4.78, 5) is 16.9. The third-order valence-electron chi connectivity index (χ3n) is 5.01. The highest BCUT2D eigenvalue weighted by molar-refractivity contribution is 5.78. The van der Waals surface area contributed by atoms with Gasteiger partial charge in [-0.25, -0.2) is 4.79 Å². The number of benzene rings is 1. The van der Waals surface area contributed by atoms with Crippen molar-refractivity contribution in [1.29, 1.82) is 0 Å². The van der Waals surface area contributed by atoms with E-state index < -0.39 is 11.8 Å². The molecule has 1 fully saturated rings. The summed E-state index contributed by atoms with van der Waals surface area (Å²) in [7, 11) is 1.33. The van der Waals surface area contributed by atoms with E-state index in [1.54, 1.807) is 13.1 Å². The summed E-state index contributed by atoms with van der Waals surface area (Å²) in [5.74, 6) is -0.581. The topological polar surface area (TPSA) is 79.5 Å². The van der Waals surface area contributed by atoms with Crippen molar-refractivity contribution < 1.29 is 28.3 Å². The normalized spacial score (nSPS) is 22.2. The summed E-state index contributed by atoms with van der Waals surface area (Å²) in [6.07, 6.45) is 6.37. The first kappa shape index (κ1) is 21.3. The quantitative estimate of drug-likeness (QED) is 0.257. The zero-order valence-corrected chi connectivity index (χ0v) is 17.1. The molecule has 0 radical (unpaired) electrons. The number of unbranched alkanes of at least 4 members (excludes halogenated alkanes) is 2. The van der Waals surface area contributed by atoms with Crippen LogP contribution in [0, 0.1) is 5.92 Å². The van der Waals surface area contributed by atoms with Crippen molar-refractivity contribution in [2.24, 2.45) is 11.1 Å². The zero-order chi connectivity index (χ0) is 20.5. The van der Waals surface area contributed by atoms with E-state index in [1.165, 1.54) is 7.11 Å². The molecule has 0 N–H and O–H groups in total. The van der Waals surface area contributed by atoms with E-state index in [1.807, 2.05) is 30.3 Å². The zero-order valence-electron chi connectivity index (χ0n) is 17.1. The predicted octanol–water partition coefficient (Wildman–Crippen LogP) is 4.09. The largest absolute Gasteiger partial charge is 0.465 e. The molecule has 7 heteroatoms. The number of hydrogen-bond acceptors (Lipinski definition) is 7. The molecule has 29 heavy (non-hydrogen) atoms. The van der Waals surface area contributed by atoms with Gasteiger partial charge in [0.05, 0.1) is 26.5 Å². The molecule has 1 aromatic heterocycles. The first-order valence-corrected chi connectivity index (χ1v) is 10.1. The number of methoxy groups -OCH3 is 1. The van der Waals surface area contributed by atoms with E-state index in [-0.39, 0.29) is 0 Å². The first-order valence-electron chi connectivity index (χ1n) is 10.1. The average molecular weight is 403 g/mol. The number of oxime groups is 1. The van der Waals surface area contributed by atoms with Crippen LogP contribution in [-0.4, -0.2) is 44.9 Å². The van der Waals surface area contributed by atoms with Crippen molar-refractivity contribution in [3.63, 3.8) is 0 Å². The molecule has 1 aliphatic heterocycles. The SMILES string of the molecule is COC(=O)C1(C)OCC(CCCCCON=CCc2cc3ccccc3o2)CO1. The third-order valence-corrected chi connectivity index (χ3v) is 5.01. The van der Waals surface area contributed by atoms with Crippen LogP contribution in [0.3, 0.4) is 0 Å². The van der Waals surface area contributed by atoms with Crippen molar-refractivity contribution in [3.8, 4) is 0 Å². The molecule has 1 aliphatic rings. The third kappa shape index (κ3) is 6.05. The smallest absolute Gasteiger partial charge is 0.366 e. The Labute approximate surface area is 170 Å². The molecular formula is C22H29NO6. The van der Waals surface area contributed by atoms with Crippen LogP contribution in [0.15, 0.2) is 39.9 Å². The standard InChI is InChI=1S/C22H29NO6/c1-22(21(24)25-2)26-15-17(16-27-22)8-4-3-7-13-28-23-12-11-19-14-18-9-5-6-10-20(18)29-19/h5-6,9-10,12,14,17H,3-4,7-8,11,13,15-16H2,1-2H3. The molecule has 0 unspecified atom stereocenters. The van der Waals surface area contributed by atoms with Crippen LogP contribution in [-0.2, 0) is 30.3 Å². The minimum absolute atomic E-state index is 0.301. The maximum absolute atomic E-state index is 11.6. The first-order chi connectivity index (χ1) is 14.1. The number of hydrogen-bond donors (Lipinski definition) is 0. The molecular weight excluding hydrogens is 374 g/mol. The number of fused-ring (bicyclic) bond motifs is 1. The van der Waals surface area contributed by atoms with Crippen LogP contribution in [0.5, 0.6) is 0 Å². The van der Waals surface area contributed by atoms with Crippen molar-refractivity contribution >= 4 is 23.2 Å². The number of carbonyl (C=O) groups is 1. The van der Waals surface area contributed by atoms with Crippen LogP contribution >= 0.6 is 0 Å². The van der Waals surface area contributed by atoms with Crippen LogP contribution in [0.4, 0.5) is 0 Å². The number of furan rings is 1. The van der Waals surface area contributed by atoms with Gasteiger partial charge in [-0.1, -0.05) is 29.8 Å². The summed E-state index contributed by atoms with van der Waals surface area (Å²) in [6.45, 7) is 3.21. The molecule has 2 aromatic rings. The molecule has 0 spiro atoms. The van der Waals surface area contributed by atoms with Gasteiger partial charge < -0.3 is 23.5 Å². The fourth-order valence-corrected chi connectivity index (χ4v) is 3.26. The maximum atomic E-state index is 11.6. The minimum atomic E-state index is -1.26. The summed E-state index contributed by atoms with van der Waals surface area (Å²) in [5.41, 5.74) is 0.889. The summed E-state index contributed by atoms with van der Waals surface area (Å²) >= 11 is 0. The molecule has 0 saturated carbocycles. The fraction of sp³-hybridized carbons (Fsp3) is 0.545. The van der Waals surface area contributed by atoms with Crippen LogP contribution in [0.1, 0.15) is 38.4 Å². The Hall–Kier alpha value is -2.38.